The van der Waals surface area contributed by atoms with Gasteiger partial charge in [0.15, 0.2) is 0 Å². The van der Waals surface area contributed by atoms with Gasteiger partial charge in [0.05, 0.1) is 4.92 Å². The van der Waals surface area contributed by atoms with Gasteiger partial charge < -0.3 is 16.2 Å². The van der Waals surface area contributed by atoms with E-state index in [4.69, 9.17) is 10.8 Å². The molecule has 0 fully saturated rings. The Labute approximate surface area is 101 Å². The van der Waals surface area contributed by atoms with E-state index in [1.54, 1.807) is 0 Å². The highest BCUT2D eigenvalue weighted by atomic mass is 16.6. The standard InChI is InChI=1S/C10H9N3O5/c11-7-2-1-6(5-8(7)13(17)18)12-9(14)3-4-10(15)16/h1-5H,11H2,(H,12,14)(H,15,16)/b4-3-. The number of carbonyl (C=O) groups is 2. The molecule has 0 bridgehead atoms. The zero-order valence-corrected chi connectivity index (χ0v) is 8.99. The number of amides is 1. The third kappa shape index (κ3) is 3.59. The molecule has 94 valence electrons. The molecule has 1 aromatic rings. The number of nitrogen functional groups attached to an aromatic ring is 1. The van der Waals surface area contributed by atoms with Crippen LogP contribution in [0.3, 0.4) is 0 Å². The quantitative estimate of drug-likeness (QED) is 0.313. The van der Waals surface area contributed by atoms with Crippen molar-refractivity contribution in [2.75, 3.05) is 11.1 Å². The maximum Gasteiger partial charge on any atom is 0.328 e. The summed E-state index contributed by atoms with van der Waals surface area (Å²) in [4.78, 5) is 31.3. The summed E-state index contributed by atoms with van der Waals surface area (Å²) in [7, 11) is 0. The van der Waals surface area contributed by atoms with Gasteiger partial charge in [-0.15, -0.1) is 0 Å². The number of carboxylic acid groups (broad SMARTS) is 1. The largest absolute Gasteiger partial charge is 0.478 e. The first-order valence-corrected chi connectivity index (χ1v) is 4.66. The average molecular weight is 251 g/mol. The Bertz CT molecular complexity index is 538. The average Bonchev–Trinajstić information content (AvgIpc) is 2.28. The van der Waals surface area contributed by atoms with E-state index in [1.165, 1.54) is 12.1 Å². The maximum atomic E-state index is 11.2. The van der Waals surface area contributed by atoms with Crippen molar-refractivity contribution in [2.24, 2.45) is 0 Å². The highest BCUT2D eigenvalue weighted by Crippen LogP contribution is 2.24. The molecule has 0 saturated heterocycles. The lowest BCUT2D eigenvalue weighted by Gasteiger charge is -2.03. The molecular formula is C10H9N3O5. The zero-order valence-electron chi connectivity index (χ0n) is 8.99. The lowest BCUT2D eigenvalue weighted by molar-refractivity contribution is -0.383. The Morgan fingerprint density at radius 2 is 2.06 bits per heavy atom. The number of hydrogen-bond donors (Lipinski definition) is 3. The molecule has 0 radical (unpaired) electrons. The van der Waals surface area contributed by atoms with Crippen LogP contribution >= 0.6 is 0 Å². The highest BCUT2D eigenvalue weighted by Gasteiger charge is 2.12. The van der Waals surface area contributed by atoms with Gasteiger partial charge in [-0.25, -0.2) is 4.79 Å². The van der Waals surface area contributed by atoms with Crippen LogP contribution in [0.25, 0.3) is 0 Å². The van der Waals surface area contributed by atoms with E-state index in [0.29, 0.717) is 6.08 Å². The summed E-state index contributed by atoms with van der Waals surface area (Å²) in [5.41, 5.74) is 5.16. The van der Waals surface area contributed by atoms with Crippen molar-refractivity contribution in [3.8, 4) is 0 Å². The SMILES string of the molecule is Nc1ccc(NC(=O)/C=C\C(=O)O)cc1[N+](=O)[O-]. The second-order valence-electron chi connectivity index (χ2n) is 3.19. The van der Waals surface area contributed by atoms with Gasteiger partial charge >= 0.3 is 5.97 Å². The lowest BCUT2D eigenvalue weighted by Crippen LogP contribution is -2.09. The van der Waals surface area contributed by atoms with Crippen molar-refractivity contribution in [3.05, 3.63) is 40.5 Å². The fourth-order valence-electron chi connectivity index (χ4n) is 1.11. The van der Waals surface area contributed by atoms with Crippen molar-refractivity contribution < 1.29 is 19.6 Å². The van der Waals surface area contributed by atoms with Gasteiger partial charge in [0.25, 0.3) is 5.69 Å². The molecule has 0 saturated carbocycles. The Morgan fingerprint density at radius 3 is 2.61 bits per heavy atom. The summed E-state index contributed by atoms with van der Waals surface area (Å²) < 4.78 is 0. The molecule has 0 heterocycles. The van der Waals surface area contributed by atoms with E-state index < -0.39 is 16.8 Å². The monoisotopic (exact) mass is 251 g/mol. The molecular weight excluding hydrogens is 242 g/mol. The first kappa shape index (κ1) is 13.2. The van der Waals surface area contributed by atoms with Crippen molar-refractivity contribution in [1.29, 1.82) is 0 Å². The van der Waals surface area contributed by atoms with Crippen LogP contribution in [0.2, 0.25) is 0 Å². The zero-order chi connectivity index (χ0) is 13.7. The van der Waals surface area contributed by atoms with Crippen LogP contribution in [0.1, 0.15) is 0 Å². The van der Waals surface area contributed by atoms with Crippen LogP contribution in [0.5, 0.6) is 0 Å². The minimum Gasteiger partial charge on any atom is -0.478 e. The molecule has 0 aliphatic carbocycles. The van der Waals surface area contributed by atoms with E-state index in [1.807, 2.05) is 0 Å². The number of anilines is 2. The molecule has 1 rings (SSSR count). The number of nitro groups is 1. The number of carboxylic acids is 1. The Morgan fingerprint density at radius 1 is 1.39 bits per heavy atom. The molecule has 8 nitrogen and oxygen atoms in total. The Hall–Kier alpha value is -2.90. The predicted octanol–water partition coefficient (Wildman–Crippen LogP) is 0.756. The molecule has 0 aliphatic heterocycles. The molecule has 0 unspecified atom stereocenters. The lowest BCUT2D eigenvalue weighted by atomic mass is 10.2. The summed E-state index contributed by atoms with van der Waals surface area (Å²) in [6, 6.07) is 3.73. The summed E-state index contributed by atoms with van der Waals surface area (Å²) in [5.74, 6) is -1.98. The van der Waals surface area contributed by atoms with Gasteiger partial charge in [0, 0.05) is 23.9 Å². The van der Waals surface area contributed by atoms with E-state index in [-0.39, 0.29) is 17.1 Å². The minimum atomic E-state index is -1.27. The molecule has 1 amide bonds. The van der Waals surface area contributed by atoms with Crippen molar-refractivity contribution >= 4 is 28.9 Å². The summed E-state index contributed by atoms with van der Waals surface area (Å²) in [6.45, 7) is 0. The van der Waals surface area contributed by atoms with E-state index >= 15 is 0 Å². The number of hydrogen-bond acceptors (Lipinski definition) is 5. The summed E-state index contributed by atoms with van der Waals surface area (Å²) in [6.07, 6.45) is 1.45. The second kappa shape index (κ2) is 5.43. The smallest absolute Gasteiger partial charge is 0.328 e. The fraction of sp³-hybridized carbons (Fsp3) is 0. The number of nitro benzene ring substituents is 1. The number of aliphatic carboxylic acids is 1. The van der Waals surface area contributed by atoms with Crippen molar-refractivity contribution in [2.45, 2.75) is 0 Å². The molecule has 18 heavy (non-hydrogen) atoms. The molecule has 0 atom stereocenters. The third-order valence-corrected chi connectivity index (χ3v) is 1.87. The van der Waals surface area contributed by atoms with Gasteiger partial charge in [-0.1, -0.05) is 0 Å². The molecule has 1 aromatic carbocycles. The van der Waals surface area contributed by atoms with Gasteiger partial charge in [0.1, 0.15) is 5.69 Å². The summed E-state index contributed by atoms with van der Waals surface area (Å²) in [5, 5.41) is 21.2. The van der Waals surface area contributed by atoms with Crippen LogP contribution in [0, 0.1) is 10.1 Å². The number of benzene rings is 1. The van der Waals surface area contributed by atoms with E-state index in [0.717, 1.165) is 12.1 Å². The number of carbonyl (C=O) groups excluding carboxylic acids is 1. The van der Waals surface area contributed by atoms with Gasteiger partial charge in [-0.05, 0) is 12.1 Å². The number of nitrogens with two attached hydrogens (primary N) is 1. The predicted molar refractivity (Wildman–Crippen MR) is 62.9 cm³/mol. The van der Waals surface area contributed by atoms with Crippen LogP contribution in [-0.2, 0) is 9.59 Å². The molecule has 4 N–H and O–H groups in total. The van der Waals surface area contributed by atoms with Gasteiger partial charge in [0.2, 0.25) is 5.91 Å². The van der Waals surface area contributed by atoms with Crippen LogP contribution < -0.4 is 11.1 Å². The van der Waals surface area contributed by atoms with Crippen molar-refractivity contribution in [1.82, 2.24) is 0 Å². The van der Waals surface area contributed by atoms with Crippen LogP contribution in [-0.4, -0.2) is 21.9 Å². The Kier molecular flexibility index (Phi) is 3.98. The van der Waals surface area contributed by atoms with Crippen LogP contribution in [0.15, 0.2) is 30.4 Å². The maximum absolute atomic E-state index is 11.2. The normalized spacial score (nSPS) is 10.2. The number of nitrogens with one attached hydrogen (secondary N) is 1. The van der Waals surface area contributed by atoms with Gasteiger partial charge in [-0.3, -0.25) is 14.9 Å². The Balaban J connectivity index is 2.86. The van der Waals surface area contributed by atoms with Crippen molar-refractivity contribution in [3.63, 3.8) is 0 Å². The second-order valence-corrected chi connectivity index (χ2v) is 3.19. The number of nitrogens with zero attached hydrogens (tertiary/aromatic N) is 1. The fourth-order valence-corrected chi connectivity index (χ4v) is 1.11. The molecule has 8 heteroatoms. The summed E-state index contributed by atoms with van der Waals surface area (Å²) >= 11 is 0. The number of rotatable bonds is 4. The molecule has 0 aromatic heterocycles. The third-order valence-electron chi connectivity index (χ3n) is 1.87. The van der Waals surface area contributed by atoms with Crippen LogP contribution in [0.4, 0.5) is 17.1 Å². The van der Waals surface area contributed by atoms with E-state index in [9.17, 15) is 19.7 Å². The minimum absolute atomic E-state index is 0.0286. The first-order valence-electron chi connectivity index (χ1n) is 4.66. The molecule has 0 spiro atoms. The van der Waals surface area contributed by atoms with E-state index in [2.05, 4.69) is 5.32 Å². The molecule has 0 aliphatic rings. The topological polar surface area (TPSA) is 136 Å². The van der Waals surface area contributed by atoms with Gasteiger partial charge in [-0.2, -0.15) is 0 Å². The first-order chi connectivity index (χ1) is 8.40. The highest BCUT2D eigenvalue weighted by molar-refractivity contribution is 6.02.